The van der Waals surface area contributed by atoms with E-state index in [1.807, 2.05) is 0 Å². The molecular formula is C23H24Cl2F2N6O2. The second-order valence-corrected chi connectivity index (χ2v) is 8.45. The van der Waals surface area contributed by atoms with E-state index < -0.39 is 17.2 Å². The zero-order valence-electron chi connectivity index (χ0n) is 18.6. The average Bonchev–Trinajstić information content (AvgIpc) is 3.17. The standard InChI is InChI=1S/C23H22F2N6O2.2ClH/c24-17-4-1-3-16(21(17)25)18-6-7-19(29-28-18)26-13-15-8-10-23(11-9-15)14-31(22(32)33-23)20-5-2-12-27-30-20;;/h1-7,12,15H,8-11,13-14H2,(H,26,29);2*1H. The van der Waals surface area contributed by atoms with Gasteiger partial charge in [0.2, 0.25) is 0 Å². The summed E-state index contributed by atoms with van der Waals surface area (Å²) in [5.74, 6) is -0.393. The average molecular weight is 525 g/mol. The van der Waals surface area contributed by atoms with Crippen LogP contribution in [0.4, 0.5) is 25.2 Å². The summed E-state index contributed by atoms with van der Waals surface area (Å²) in [5.41, 5.74) is -0.136. The van der Waals surface area contributed by atoms with E-state index in [1.165, 1.54) is 12.1 Å². The molecule has 0 radical (unpaired) electrons. The van der Waals surface area contributed by atoms with E-state index in [2.05, 4.69) is 25.7 Å². The van der Waals surface area contributed by atoms with E-state index in [4.69, 9.17) is 4.74 Å². The molecule has 2 fully saturated rings. The maximum atomic E-state index is 14.0. The lowest BCUT2D eigenvalue weighted by Crippen LogP contribution is -2.39. The fourth-order valence-electron chi connectivity index (χ4n) is 4.43. The van der Waals surface area contributed by atoms with Gasteiger partial charge in [0.15, 0.2) is 17.5 Å². The number of halogens is 4. The molecule has 1 aliphatic carbocycles. The molecule has 1 aliphatic heterocycles. The van der Waals surface area contributed by atoms with Crippen molar-refractivity contribution < 1.29 is 18.3 Å². The zero-order chi connectivity index (χ0) is 22.8. The lowest BCUT2D eigenvalue weighted by molar-refractivity contribution is 0.0148. The predicted octanol–water partition coefficient (Wildman–Crippen LogP) is 5.05. The number of aromatic nitrogens is 4. The van der Waals surface area contributed by atoms with E-state index in [9.17, 15) is 13.6 Å². The molecule has 1 spiro atoms. The molecule has 1 saturated carbocycles. The van der Waals surface area contributed by atoms with Crippen molar-refractivity contribution in [3.63, 3.8) is 0 Å². The van der Waals surface area contributed by atoms with Crippen LogP contribution in [0, 0.1) is 17.6 Å². The number of hydrogen-bond donors (Lipinski definition) is 1. The second-order valence-electron chi connectivity index (χ2n) is 8.45. The molecule has 8 nitrogen and oxygen atoms in total. The molecule has 0 bridgehead atoms. The number of benzene rings is 1. The van der Waals surface area contributed by atoms with Crippen molar-refractivity contribution in [2.45, 2.75) is 31.3 Å². The van der Waals surface area contributed by atoms with Crippen molar-refractivity contribution >= 4 is 42.5 Å². The Morgan fingerprint density at radius 3 is 2.51 bits per heavy atom. The third-order valence-electron chi connectivity index (χ3n) is 6.29. The summed E-state index contributed by atoms with van der Waals surface area (Å²) < 4.78 is 33.1. The zero-order valence-corrected chi connectivity index (χ0v) is 20.2. The van der Waals surface area contributed by atoms with Crippen LogP contribution in [0.1, 0.15) is 25.7 Å². The molecular weight excluding hydrogens is 501 g/mol. The van der Waals surface area contributed by atoms with Gasteiger partial charge in [-0.25, -0.2) is 13.6 Å². The molecule has 12 heteroatoms. The SMILES string of the molecule is Cl.Cl.O=C1OC2(CCC(CNc3ccc(-c4cccc(F)c4F)nn3)CC2)CN1c1cccnn1. The summed E-state index contributed by atoms with van der Waals surface area (Å²) in [7, 11) is 0. The Balaban J connectivity index is 0.00000171. The highest BCUT2D eigenvalue weighted by atomic mass is 35.5. The first-order valence-corrected chi connectivity index (χ1v) is 10.8. The summed E-state index contributed by atoms with van der Waals surface area (Å²) in [6.45, 7) is 1.18. The molecule has 186 valence electrons. The Labute approximate surface area is 213 Å². The van der Waals surface area contributed by atoms with Crippen LogP contribution in [-0.4, -0.2) is 45.2 Å². The summed E-state index contributed by atoms with van der Waals surface area (Å²) in [5, 5.41) is 19.2. The van der Waals surface area contributed by atoms with Gasteiger partial charge in [-0.1, -0.05) is 6.07 Å². The molecule has 1 amide bonds. The van der Waals surface area contributed by atoms with Crippen molar-refractivity contribution in [2.75, 3.05) is 23.3 Å². The molecule has 0 atom stereocenters. The van der Waals surface area contributed by atoms with Gasteiger partial charge in [0, 0.05) is 18.3 Å². The Kier molecular flexibility index (Phi) is 8.39. The van der Waals surface area contributed by atoms with Gasteiger partial charge in [-0.05, 0) is 68.0 Å². The highest BCUT2D eigenvalue weighted by molar-refractivity contribution is 5.89. The molecule has 3 heterocycles. The van der Waals surface area contributed by atoms with E-state index >= 15 is 0 Å². The number of ether oxygens (including phenoxy) is 1. The van der Waals surface area contributed by atoms with Crippen molar-refractivity contribution in [2.24, 2.45) is 5.92 Å². The van der Waals surface area contributed by atoms with Crippen LogP contribution in [0.15, 0.2) is 48.7 Å². The van der Waals surface area contributed by atoms with E-state index in [0.717, 1.165) is 31.7 Å². The second kappa shape index (κ2) is 11.1. The number of nitrogens with one attached hydrogen (secondary N) is 1. The quantitative estimate of drug-likeness (QED) is 0.498. The number of rotatable bonds is 5. The summed E-state index contributed by atoms with van der Waals surface area (Å²) in [4.78, 5) is 13.9. The lowest BCUT2D eigenvalue weighted by atomic mass is 9.78. The van der Waals surface area contributed by atoms with Gasteiger partial charge < -0.3 is 10.1 Å². The Bertz CT molecular complexity index is 1150. The molecule has 2 aliphatic rings. The van der Waals surface area contributed by atoms with Crippen LogP contribution in [-0.2, 0) is 4.74 Å². The molecule has 5 rings (SSSR count). The first-order chi connectivity index (χ1) is 16.0. The van der Waals surface area contributed by atoms with Gasteiger partial charge in [-0.3, -0.25) is 4.90 Å². The minimum atomic E-state index is -0.936. The molecule has 1 aromatic carbocycles. The number of carbonyl (C=O) groups excluding carboxylic acids is 1. The van der Waals surface area contributed by atoms with Crippen LogP contribution in [0.2, 0.25) is 0 Å². The van der Waals surface area contributed by atoms with Crippen LogP contribution in [0.25, 0.3) is 11.3 Å². The normalized spacial score (nSPS) is 21.1. The maximum Gasteiger partial charge on any atom is 0.416 e. The third-order valence-corrected chi connectivity index (χ3v) is 6.29. The molecule has 1 saturated heterocycles. The monoisotopic (exact) mass is 524 g/mol. The Morgan fingerprint density at radius 2 is 1.83 bits per heavy atom. The first kappa shape index (κ1) is 26.5. The van der Waals surface area contributed by atoms with Gasteiger partial charge in [0.1, 0.15) is 11.4 Å². The maximum absolute atomic E-state index is 14.0. The van der Waals surface area contributed by atoms with Crippen LogP contribution >= 0.6 is 24.8 Å². The largest absolute Gasteiger partial charge is 0.441 e. The molecule has 1 N–H and O–H groups in total. The van der Waals surface area contributed by atoms with Gasteiger partial charge in [0.25, 0.3) is 0 Å². The number of nitrogens with zero attached hydrogens (tertiary/aromatic N) is 5. The smallest absolute Gasteiger partial charge is 0.416 e. The van der Waals surface area contributed by atoms with Gasteiger partial charge >= 0.3 is 6.09 Å². The van der Waals surface area contributed by atoms with Gasteiger partial charge in [0.05, 0.1) is 12.2 Å². The number of anilines is 2. The van der Waals surface area contributed by atoms with Crippen LogP contribution in [0.5, 0.6) is 0 Å². The minimum absolute atomic E-state index is 0. The van der Waals surface area contributed by atoms with Crippen molar-refractivity contribution in [1.29, 1.82) is 0 Å². The fourth-order valence-corrected chi connectivity index (χ4v) is 4.43. The Morgan fingerprint density at radius 1 is 1.03 bits per heavy atom. The van der Waals surface area contributed by atoms with E-state index in [1.54, 1.807) is 35.4 Å². The van der Waals surface area contributed by atoms with E-state index in [0.29, 0.717) is 30.6 Å². The summed E-state index contributed by atoms with van der Waals surface area (Å²) >= 11 is 0. The first-order valence-electron chi connectivity index (χ1n) is 10.8. The van der Waals surface area contributed by atoms with Crippen LogP contribution < -0.4 is 10.2 Å². The topological polar surface area (TPSA) is 93.1 Å². The fraction of sp³-hybridized carbons (Fsp3) is 0.348. The minimum Gasteiger partial charge on any atom is -0.441 e. The van der Waals surface area contributed by atoms with Gasteiger partial charge in [-0.2, -0.15) is 5.10 Å². The number of carbonyl (C=O) groups is 1. The Hall–Kier alpha value is -3.11. The van der Waals surface area contributed by atoms with E-state index in [-0.39, 0.29) is 42.2 Å². The van der Waals surface area contributed by atoms with Gasteiger partial charge in [-0.15, -0.1) is 40.1 Å². The summed E-state index contributed by atoms with van der Waals surface area (Å²) in [6, 6.07) is 10.8. The van der Waals surface area contributed by atoms with Crippen molar-refractivity contribution in [3.05, 3.63) is 60.3 Å². The molecule has 0 unspecified atom stereocenters. The molecule has 2 aromatic heterocycles. The van der Waals surface area contributed by atoms with Crippen molar-refractivity contribution in [1.82, 2.24) is 20.4 Å². The lowest BCUT2D eigenvalue weighted by Gasteiger charge is -2.35. The molecule has 3 aromatic rings. The number of amides is 1. The third kappa shape index (κ3) is 5.59. The highest BCUT2D eigenvalue weighted by Crippen LogP contribution is 2.40. The van der Waals surface area contributed by atoms with Crippen LogP contribution in [0.3, 0.4) is 0 Å². The highest BCUT2D eigenvalue weighted by Gasteiger charge is 2.48. The predicted molar refractivity (Wildman–Crippen MR) is 131 cm³/mol. The van der Waals surface area contributed by atoms with Crippen molar-refractivity contribution in [3.8, 4) is 11.3 Å². The molecule has 35 heavy (non-hydrogen) atoms. The number of hydrogen-bond acceptors (Lipinski definition) is 7. The summed E-state index contributed by atoms with van der Waals surface area (Å²) in [6.07, 6.45) is 4.52.